The zero-order valence-corrected chi connectivity index (χ0v) is 11.9. The van der Waals surface area contributed by atoms with Crippen LogP contribution in [0.1, 0.15) is 30.6 Å². The number of halogens is 1. The van der Waals surface area contributed by atoms with Crippen LogP contribution in [-0.4, -0.2) is 35.0 Å². The Morgan fingerprint density at radius 3 is 2.53 bits per heavy atom. The molecule has 0 aliphatic heterocycles. The summed E-state index contributed by atoms with van der Waals surface area (Å²) in [7, 11) is 0. The van der Waals surface area contributed by atoms with Gasteiger partial charge in [-0.1, -0.05) is 37.6 Å². The van der Waals surface area contributed by atoms with E-state index in [-0.39, 0.29) is 12.5 Å². The lowest BCUT2D eigenvalue weighted by Gasteiger charge is -2.24. The minimum absolute atomic E-state index is 0.188. The van der Waals surface area contributed by atoms with E-state index in [9.17, 15) is 9.59 Å². The topological polar surface area (TPSA) is 57.6 Å². The number of benzene rings is 1. The molecule has 0 radical (unpaired) electrons. The SMILES string of the molecule is CCCN(CC(C)C(=O)O)C(=O)c1ccccc1Cl. The summed E-state index contributed by atoms with van der Waals surface area (Å²) in [5.41, 5.74) is 0.412. The predicted octanol–water partition coefficient (Wildman–Crippen LogP) is 2.91. The number of carboxylic acid groups (broad SMARTS) is 1. The van der Waals surface area contributed by atoms with Crippen molar-refractivity contribution in [2.24, 2.45) is 5.92 Å². The first-order chi connectivity index (χ1) is 8.97. The summed E-state index contributed by atoms with van der Waals surface area (Å²) in [6.45, 7) is 4.23. The smallest absolute Gasteiger partial charge is 0.308 e. The first-order valence-electron chi connectivity index (χ1n) is 6.24. The Kier molecular flexibility index (Phi) is 5.83. The fourth-order valence-electron chi connectivity index (χ4n) is 1.76. The average molecular weight is 284 g/mol. The van der Waals surface area contributed by atoms with Crippen molar-refractivity contribution in [3.8, 4) is 0 Å². The summed E-state index contributed by atoms with van der Waals surface area (Å²) < 4.78 is 0. The van der Waals surface area contributed by atoms with E-state index in [0.717, 1.165) is 6.42 Å². The first-order valence-corrected chi connectivity index (χ1v) is 6.61. The van der Waals surface area contributed by atoms with E-state index in [0.29, 0.717) is 17.1 Å². The highest BCUT2D eigenvalue weighted by Crippen LogP contribution is 2.18. The highest BCUT2D eigenvalue weighted by molar-refractivity contribution is 6.33. The molecule has 0 heterocycles. The minimum Gasteiger partial charge on any atom is -0.481 e. The molecule has 0 aliphatic rings. The second-order valence-corrected chi connectivity index (χ2v) is 4.88. The lowest BCUT2D eigenvalue weighted by Crippen LogP contribution is -2.37. The van der Waals surface area contributed by atoms with Crippen molar-refractivity contribution in [3.05, 3.63) is 34.9 Å². The van der Waals surface area contributed by atoms with Gasteiger partial charge in [0.2, 0.25) is 0 Å². The van der Waals surface area contributed by atoms with E-state index < -0.39 is 11.9 Å². The van der Waals surface area contributed by atoms with E-state index in [1.165, 1.54) is 0 Å². The van der Waals surface area contributed by atoms with Crippen molar-refractivity contribution < 1.29 is 14.7 Å². The molecule has 104 valence electrons. The van der Waals surface area contributed by atoms with Crippen LogP contribution in [0, 0.1) is 5.92 Å². The van der Waals surface area contributed by atoms with Crippen LogP contribution in [0.15, 0.2) is 24.3 Å². The summed E-state index contributed by atoms with van der Waals surface area (Å²) in [6, 6.07) is 6.80. The zero-order chi connectivity index (χ0) is 14.4. The maximum atomic E-state index is 12.4. The van der Waals surface area contributed by atoms with Gasteiger partial charge in [0.1, 0.15) is 0 Å². The van der Waals surface area contributed by atoms with Gasteiger partial charge < -0.3 is 10.0 Å². The third kappa shape index (κ3) is 4.24. The molecule has 1 amide bonds. The van der Waals surface area contributed by atoms with Crippen LogP contribution >= 0.6 is 11.6 Å². The van der Waals surface area contributed by atoms with Crippen LogP contribution in [0.3, 0.4) is 0 Å². The number of aliphatic carboxylic acids is 1. The van der Waals surface area contributed by atoms with Crippen LogP contribution in [0.4, 0.5) is 0 Å². The van der Waals surface area contributed by atoms with Gasteiger partial charge in [0.05, 0.1) is 16.5 Å². The lowest BCUT2D eigenvalue weighted by atomic mass is 10.1. The predicted molar refractivity (Wildman–Crippen MR) is 74.4 cm³/mol. The minimum atomic E-state index is -0.909. The Balaban J connectivity index is 2.90. The van der Waals surface area contributed by atoms with E-state index in [2.05, 4.69) is 0 Å². The summed E-state index contributed by atoms with van der Waals surface area (Å²) in [5, 5.41) is 9.33. The van der Waals surface area contributed by atoms with Crippen molar-refractivity contribution in [2.45, 2.75) is 20.3 Å². The molecule has 1 unspecified atom stereocenters. The van der Waals surface area contributed by atoms with Crippen molar-refractivity contribution in [2.75, 3.05) is 13.1 Å². The monoisotopic (exact) mass is 283 g/mol. The molecule has 0 saturated carbocycles. The molecule has 0 fully saturated rings. The molecular weight excluding hydrogens is 266 g/mol. The highest BCUT2D eigenvalue weighted by atomic mass is 35.5. The largest absolute Gasteiger partial charge is 0.481 e. The molecule has 1 atom stereocenters. The molecule has 0 aliphatic carbocycles. The number of nitrogens with zero attached hydrogens (tertiary/aromatic N) is 1. The maximum absolute atomic E-state index is 12.4. The average Bonchev–Trinajstić information content (AvgIpc) is 2.37. The van der Waals surface area contributed by atoms with Gasteiger partial charge in [0.15, 0.2) is 0 Å². The number of hydrogen-bond donors (Lipinski definition) is 1. The van der Waals surface area contributed by atoms with Gasteiger partial charge in [-0.3, -0.25) is 9.59 Å². The first kappa shape index (κ1) is 15.5. The summed E-state index contributed by atoms with van der Waals surface area (Å²) >= 11 is 6.00. The zero-order valence-electron chi connectivity index (χ0n) is 11.1. The Hall–Kier alpha value is -1.55. The second-order valence-electron chi connectivity index (χ2n) is 4.47. The Morgan fingerprint density at radius 2 is 2.00 bits per heavy atom. The van der Waals surface area contributed by atoms with Gasteiger partial charge in [-0.15, -0.1) is 0 Å². The summed E-state index contributed by atoms with van der Waals surface area (Å²) in [6.07, 6.45) is 0.766. The number of carbonyl (C=O) groups excluding carboxylic acids is 1. The summed E-state index contributed by atoms with van der Waals surface area (Å²) in [4.78, 5) is 24.8. The third-order valence-corrected chi connectivity index (χ3v) is 3.13. The number of rotatable bonds is 6. The van der Waals surface area contributed by atoms with Gasteiger partial charge in [-0.2, -0.15) is 0 Å². The number of carbonyl (C=O) groups is 2. The van der Waals surface area contributed by atoms with E-state index >= 15 is 0 Å². The molecule has 19 heavy (non-hydrogen) atoms. The number of amides is 1. The Morgan fingerprint density at radius 1 is 1.37 bits per heavy atom. The van der Waals surface area contributed by atoms with E-state index in [1.807, 2.05) is 6.92 Å². The van der Waals surface area contributed by atoms with Gasteiger partial charge in [0, 0.05) is 13.1 Å². The molecule has 1 N–H and O–H groups in total. The Bertz CT molecular complexity index is 462. The highest BCUT2D eigenvalue weighted by Gasteiger charge is 2.22. The molecule has 4 nitrogen and oxygen atoms in total. The molecule has 1 rings (SSSR count). The van der Waals surface area contributed by atoms with Gasteiger partial charge in [-0.05, 0) is 18.6 Å². The van der Waals surface area contributed by atoms with Gasteiger partial charge in [-0.25, -0.2) is 0 Å². The van der Waals surface area contributed by atoms with Crippen LogP contribution in [0.2, 0.25) is 5.02 Å². The van der Waals surface area contributed by atoms with Crippen molar-refractivity contribution >= 4 is 23.5 Å². The van der Waals surface area contributed by atoms with Crippen LogP contribution in [0.25, 0.3) is 0 Å². The molecular formula is C14H18ClNO3. The van der Waals surface area contributed by atoms with Crippen molar-refractivity contribution in [1.82, 2.24) is 4.90 Å². The standard InChI is InChI=1S/C14H18ClNO3/c1-3-8-16(9-10(2)14(18)19)13(17)11-6-4-5-7-12(11)15/h4-7,10H,3,8-9H2,1-2H3,(H,18,19). The van der Waals surface area contributed by atoms with E-state index in [1.54, 1.807) is 36.1 Å². The fraction of sp³-hybridized carbons (Fsp3) is 0.429. The van der Waals surface area contributed by atoms with Crippen LogP contribution < -0.4 is 0 Å². The lowest BCUT2D eigenvalue weighted by molar-refractivity contribution is -0.141. The quantitative estimate of drug-likeness (QED) is 0.873. The molecule has 0 spiro atoms. The third-order valence-electron chi connectivity index (χ3n) is 2.80. The number of hydrogen-bond acceptors (Lipinski definition) is 2. The maximum Gasteiger partial charge on any atom is 0.308 e. The molecule has 1 aromatic carbocycles. The van der Waals surface area contributed by atoms with Gasteiger partial charge in [0.25, 0.3) is 5.91 Å². The molecule has 0 aromatic heterocycles. The molecule has 1 aromatic rings. The van der Waals surface area contributed by atoms with Crippen LogP contribution in [0.5, 0.6) is 0 Å². The molecule has 0 saturated heterocycles. The van der Waals surface area contributed by atoms with Crippen LogP contribution in [-0.2, 0) is 4.79 Å². The Labute approximate surface area is 118 Å². The van der Waals surface area contributed by atoms with Crippen molar-refractivity contribution in [3.63, 3.8) is 0 Å². The van der Waals surface area contributed by atoms with Gasteiger partial charge >= 0.3 is 5.97 Å². The van der Waals surface area contributed by atoms with Crippen molar-refractivity contribution in [1.29, 1.82) is 0 Å². The number of carboxylic acids is 1. The normalized spacial score (nSPS) is 11.9. The summed E-state index contributed by atoms with van der Waals surface area (Å²) in [5.74, 6) is -1.73. The molecule has 0 bridgehead atoms. The second kappa shape index (κ2) is 7.14. The molecule has 5 heteroatoms. The van der Waals surface area contributed by atoms with E-state index in [4.69, 9.17) is 16.7 Å². The fourth-order valence-corrected chi connectivity index (χ4v) is 1.98.